The zero-order chi connectivity index (χ0) is 23.5. The first-order valence-corrected chi connectivity index (χ1v) is 12.1. The molecule has 0 atom stereocenters. The van der Waals surface area contributed by atoms with Gasteiger partial charge in [0.05, 0.1) is 20.9 Å². The lowest BCUT2D eigenvalue weighted by atomic mass is 10.1. The quantitative estimate of drug-likeness (QED) is 0.201. The number of hydrogen-bond acceptors (Lipinski definition) is 4. The molecule has 9 heteroatoms. The van der Waals surface area contributed by atoms with Crippen LogP contribution in [-0.2, 0) is 11.4 Å². The van der Waals surface area contributed by atoms with Gasteiger partial charge >= 0.3 is 6.03 Å². The molecule has 1 aliphatic heterocycles. The highest BCUT2D eigenvalue weighted by molar-refractivity contribution is 14.1. The average Bonchev–Trinajstić information content (AvgIpc) is 3.06. The van der Waals surface area contributed by atoms with Gasteiger partial charge in [0.2, 0.25) is 0 Å². The predicted molar refractivity (Wildman–Crippen MR) is 143 cm³/mol. The van der Waals surface area contributed by atoms with Crippen LogP contribution in [0.1, 0.15) is 16.7 Å². The molecule has 1 aliphatic rings. The van der Waals surface area contributed by atoms with E-state index in [-0.39, 0.29) is 12.3 Å². The number of hydrogen-bond donors (Lipinski definition) is 1. The van der Waals surface area contributed by atoms with Crippen molar-refractivity contribution >= 4 is 80.5 Å². The molecule has 3 amide bonds. The number of nitrogens with one attached hydrogen (secondary N) is 1. The van der Waals surface area contributed by atoms with Crippen LogP contribution in [0.4, 0.5) is 10.5 Å². The van der Waals surface area contributed by atoms with Gasteiger partial charge in [0, 0.05) is 19.7 Å². The van der Waals surface area contributed by atoms with Crippen molar-refractivity contribution in [3.8, 4) is 11.8 Å². The Hall–Kier alpha value is -2.62. The number of urea groups is 1. The van der Waals surface area contributed by atoms with Gasteiger partial charge in [-0.25, -0.2) is 9.69 Å². The van der Waals surface area contributed by atoms with E-state index in [9.17, 15) is 14.9 Å². The highest BCUT2D eigenvalue weighted by Gasteiger charge is 2.35. The van der Waals surface area contributed by atoms with Gasteiger partial charge in [-0.15, -0.1) is 0 Å². The number of halogens is 3. The van der Waals surface area contributed by atoms with Crippen LogP contribution in [0.2, 0.25) is 5.02 Å². The number of anilines is 1. The first kappa shape index (κ1) is 23.5. The number of ether oxygens (including phenoxy) is 1. The number of benzene rings is 3. The Kier molecular flexibility index (Phi) is 7.21. The number of amides is 3. The van der Waals surface area contributed by atoms with E-state index >= 15 is 0 Å². The molecule has 0 saturated carbocycles. The third kappa shape index (κ3) is 5.15. The molecule has 0 aliphatic carbocycles. The summed E-state index contributed by atoms with van der Waals surface area (Å²) in [4.78, 5) is 26.6. The summed E-state index contributed by atoms with van der Waals surface area (Å²) in [6.07, 6.45) is 1.60. The van der Waals surface area contributed by atoms with E-state index in [2.05, 4.69) is 56.6 Å². The Morgan fingerprint density at radius 1 is 1.09 bits per heavy atom. The Balaban J connectivity index is 1.66. The van der Waals surface area contributed by atoms with Gasteiger partial charge in [0.25, 0.3) is 5.91 Å². The fraction of sp³-hybridized carbons (Fsp3) is 0.0417. The second-order valence-electron chi connectivity index (χ2n) is 6.97. The van der Waals surface area contributed by atoms with E-state index in [4.69, 9.17) is 16.3 Å². The molecule has 6 nitrogen and oxygen atoms in total. The summed E-state index contributed by atoms with van der Waals surface area (Å²) in [6.45, 7) is 0.188. The molecule has 1 N–H and O–H groups in total. The summed E-state index contributed by atoms with van der Waals surface area (Å²) >= 11 is 10.3. The molecule has 1 heterocycles. The second-order valence-corrected chi connectivity index (χ2v) is 9.81. The maximum absolute atomic E-state index is 13.0. The highest BCUT2D eigenvalue weighted by Crippen LogP contribution is 2.32. The smallest absolute Gasteiger partial charge is 0.333 e. The average molecular weight is 682 g/mol. The first-order valence-electron chi connectivity index (χ1n) is 9.60. The third-order valence-corrected chi connectivity index (χ3v) is 6.49. The van der Waals surface area contributed by atoms with E-state index in [1.807, 2.05) is 24.3 Å². The van der Waals surface area contributed by atoms with Crippen molar-refractivity contribution in [2.45, 2.75) is 6.61 Å². The van der Waals surface area contributed by atoms with Crippen LogP contribution in [0, 0.1) is 18.5 Å². The Morgan fingerprint density at radius 2 is 1.82 bits per heavy atom. The molecule has 0 spiro atoms. The van der Waals surface area contributed by atoms with Crippen LogP contribution in [0.5, 0.6) is 5.75 Å². The van der Waals surface area contributed by atoms with Crippen LogP contribution in [0.25, 0.3) is 6.08 Å². The first-order chi connectivity index (χ1) is 15.9. The van der Waals surface area contributed by atoms with Gasteiger partial charge in [-0.05, 0) is 93.7 Å². The van der Waals surface area contributed by atoms with Gasteiger partial charge in [0.15, 0.2) is 0 Å². The molecule has 33 heavy (non-hydrogen) atoms. The Labute approximate surface area is 222 Å². The van der Waals surface area contributed by atoms with E-state index in [0.717, 1.165) is 17.6 Å². The summed E-state index contributed by atoms with van der Waals surface area (Å²) < 4.78 is 7.87. The van der Waals surface area contributed by atoms with E-state index in [0.29, 0.717) is 27.6 Å². The number of carbonyl (C=O) groups excluding carboxylic acids is 2. The van der Waals surface area contributed by atoms with Gasteiger partial charge in [-0.2, -0.15) is 5.26 Å². The summed E-state index contributed by atoms with van der Waals surface area (Å²) in [5.41, 5.74) is 2.49. The molecule has 0 bridgehead atoms. The minimum atomic E-state index is -0.542. The monoisotopic (exact) mass is 681 g/mol. The molecular weight excluding hydrogens is 668 g/mol. The lowest BCUT2D eigenvalue weighted by Crippen LogP contribution is -2.30. The lowest BCUT2D eigenvalue weighted by molar-refractivity contribution is -0.113. The minimum absolute atomic E-state index is 0.134. The number of nitrogens with zero attached hydrogens (tertiary/aromatic N) is 2. The lowest BCUT2D eigenvalue weighted by Gasteiger charge is -2.14. The predicted octanol–water partition coefficient (Wildman–Crippen LogP) is 6.10. The van der Waals surface area contributed by atoms with Crippen molar-refractivity contribution < 1.29 is 14.3 Å². The van der Waals surface area contributed by atoms with Crippen LogP contribution in [0.15, 0.2) is 66.4 Å². The number of carbonyl (C=O) groups is 2. The number of rotatable bonds is 5. The maximum atomic E-state index is 13.0. The highest BCUT2D eigenvalue weighted by atomic mass is 127. The summed E-state index contributed by atoms with van der Waals surface area (Å²) in [5.74, 6) is 0.0835. The van der Waals surface area contributed by atoms with Crippen molar-refractivity contribution in [2.75, 3.05) is 4.90 Å². The molecule has 1 fully saturated rings. The van der Waals surface area contributed by atoms with Gasteiger partial charge in [-0.3, -0.25) is 4.79 Å². The Bertz CT molecular complexity index is 1330. The third-order valence-electron chi connectivity index (χ3n) is 4.81. The SMILES string of the molecule is N#Cc1ccccc1COc1c(I)cc(I)cc1/C=C1/NC(=O)N(c2ccc(Cl)cc2)C1=O. The van der Waals surface area contributed by atoms with Crippen molar-refractivity contribution in [1.82, 2.24) is 5.32 Å². The summed E-state index contributed by atoms with van der Waals surface area (Å²) in [7, 11) is 0. The van der Waals surface area contributed by atoms with Gasteiger partial charge < -0.3 is 10.1 Å². The van der Waals surface area contributed by atoms with Crippen molar-refractivity contribution in [1.29, 1.82) is 5.26 Å². The molecule has 3 aromatic carbocycles. The van der Waals surface area contributed by atoms with Gasteiger partial charge in [0.1, 0.15) is 18.1 Å². The van der Waals surface area contributed by atoms with Gasteiger partial charge in [-0.1, -0.05) is 29.8 Å². The number of nitriles is 1. The standard InChI is InChI=1S/C24H14ClI2N3O3/c25-17-5-7-19(8-6-17)30-23(31)21(29-24(30)32)10-16-9-18(26)11-20(27)22(16)33-13-15-4-2-1-3-14(15)12-28/h1-11H,13H2,(H,29,32)/b21-10+. The van der Waals surface area contributed by atoms with E-state index < -0.39 is 11.9 Å². The molecule has 3 aromatic rings. The molecule has 0 aromatic heterocycles. The second kappa shape index (κ2) is 10.1. The normalized spacial score (nSPS) is 14.4. The topological polar surface area (TPSA) is 82.4 Å². The summed E-state index contributed by atoms with van der Waals surface area (Å²) in [5, 5.41) is 12.5. The Morgan fingerprint density at radius 3 is 2.55 bits per heavy atom. The zero-order valence-corrected chi connectivity index (χ0v) is 21.9. The molecule has 0 radical (unpaired) electrons. The number of imide groups is 1. The zero-order valence-electron chi connectivity index (χ0n) is 16.8. The molecule has 4 rings (SSSR count). The van der Waals surface area contributed by atoms with Crippen molar-refractivity contribution in [3.63, 3.8) is 0 Å². The molecule has 164 valence electrons. The van der Waals surface area contributed by atoms with E-state index in [1.165, 1.54) is 0 Å². The fourth-order valence-corrected chi connectivity index (χ4v) is 5.43. The van der Waals surface area contributed by atoms with E-state index in [1.54, 1.807) is 42.5 Å². The molecular formula is C24H14ClI2N3O3. The van der Waals surface area contributed by atoms with Crippen LogP contribution < -0.4 is 15.0 Å². The van der Waals surface area contributed by atoms with Crippen LogP contribution >= 0.6 is 56.8 Å². The van der Waals surface area contributed by atoms with Crippen LogP contribution in [0.3, 0.4) is 0 Å². The van der Waals surface area contributed by atoms with Crippen molar-refractivity contribution in [2.24, 2.45) is 0 Å². The maximum Gasteiger partial charge on any atom is 0.333 e. The minimum Gasteiger partial charge on any atom is -0.487 e. The molecule has 1 saturated heterocycles. The van der Waals surface area contributed by atoms with Crippen LogP contribution in [-0.4, -0.2) is 11.9 Å². The van der Waals surface area contributed by atoms with Crippen molar-refractivity contribution in [3.05, 3.63) is 95.2 Å². The molecule has 0 unspecified atom stereocenters. The summed E-state index contributed by atoms with van der Waals surface area (Å²) in [6, 6.07) is 19.1. The fourth-order valence-electron chi connectivity index (χ4n) is 3.26. The largest absolute Gasteiger partial charge is 0.487 e.